The van der Waals surface area contributed by atoms with E-state index in [4.69, 9.17) is 9.47 Å². The van der Waals surface area contributed by atoms with E-state index in [1.165, 1.54) is 38.4 Å². The van der Waals surface area contributed by atoms with Gasteiger partial charge in [0.25, 0.3) is 17.7 Å². The molecule has 3 rings (SSSR count). The number of methoxy groups -OCH3 is 1. The van der Waals surface area contributed by atoms with Gasteiger partial charge < -0.3 is 20.1 Å². The fourth-order valence-corrected chi connectivity index (χ4v) is 2.63. The third kappa shape index (κ3) is 5.53. The van der Waals surface area contributed by atoms with Gasteiger partial charge in [-0.05, 0) is 42.5 Å². The topological polar surface area (TPSA) is 102 Å². The molecule has 0 fully saturated rings. The molecular weight excluding hydrogens is 448 g/mol. The Kier molecular flexibility index (Phi) is 6.75. The molecule has 33 heavy (non-hydrogen) atoms. The minimum Gasteiger partial charge on any atom is -0.493 e. The number of alkyl halides is 3. The second-order valence-electron chi connectivity index (χ2n) is 6.45. The van der Waals surface area contributed by atoms with Gasteiger partial charge in [-0.15, -0.1) is 10.2 Å². The smallest absolute Gasteiger partial charge is 0.435 e. The number of hydrogen-bond acceptors (Lipinski definition) is 6. The molecular formula is C21H16F4N4O4. The Morgan fingerprint density at radius 2 is 1.64 bits per heavy atom. The van der Waals surface area contributed by atoms with E-state index < -0.39 is 35.0 Å². The summed E-state index contributed by atoms with van der Waals surface area (Å²) in [6.45, 7) is 0. The molecule has 2 aromatic carbocycles. The lowest BCUT2D eigenvalue weighted by atomic mass is 10.1. The number of hydrogen-bond donors (Lipinski definition) is 2. The Bertz CT molecular complexity index is 1180. The second-order valence-corrected chi connectivity index (χ2v) is 6.45. The van der Waals surface area contributed by atoms with E-state index in [0.717, 1.165) is 18.2 Å². The van der Waals surface area contributed by atoms with Gasteiger partial charge in [0.2, 0.25) is 0 Å². The Hall–Kier alpha value is -4.22. The van der Waals surface area contributed by atoms with Crippen LogP contribution in [0.4, 0.5) is 23.2 Å². The molecule has 8 nitrogen and oxygen atoms in total. The summed E-state index contributed by atoms with van der Waals surface area (Å²) in [4.78, 5) is 24.4. The van der Waals surface area contributed by atoms with Gasteiger partial charge in [-0.1, -0.05) is 0 Å². The number of anilines is 1. The zero-order chi connectivity index (χ0) is 24.2. The fraction of sp³-hybridized carbons (Fsp3) is 0.143. The van der Waals surface area contributed by atoms with Gasteiger partial charge in [0.15, 0.2) is 17.2 Å². The maximum Gasteiger partial charge on any atom is 0.435 e. The number of halogens is 4. The minimum atomic E-state index is -4.87. The van der Waals surface area contributed by atoms with Gasteiger partial charge in [-0.3, -0.25) is 9.59 Å². The van der Waals surface area contributed by atoms with Crippen molar-refractivity contribution in [1.29, 1.82) is 0 Å². The Morgan fingerprint density at radius 1 is 0.939 bits per heavy atom. The monoisotopic (exact) mass is 464 g/mol. The lowest BCUT2D eigenvalue weighted by Crippen LogP contribution is -2.19. The number of ether oxygens (including phenoxy) is 2. The average molecular weight is 464 g/mol. The van der Waals surface area contributed by atoms with Crippen molar-refractivity contribution in [2.24, 2.45) is 0 Å². The number of carbonyl (C=O) groups excluding carboxylic acids is 2. The third-order valence-corrected chi connectivity index (χ3v) is 4.26. The van der Waals surface area contributed by atoms with Crippen molar-refractivity contribution in [2.45, 2.75) is 6.18 Å². The van der Waals surface area contributed by atoms with Crippen molar-refractivity contribution in [3.8, 4) is 17.4 Å². The van der Waals surface area contributed by atoms with Crippen LogP contribution in [0.1, 0.15) is 26.4 Å². The van der Waals surface area contributed by atoms with Crippen LogP contribution in [0.2, 0.25) is 0 Å². The van der Waals surface area contributed by atoms with E-state index in [2.05, 4.69) is 20.8 Å². The quantitative estimate of drug-likeness (QED) is 0.534. The molecule has 0 aliphatic carbocycles. The van der Waals surface area contributed by atoms with Gasteiger partial charge >= 0.3 is 6.18 Å². The van der Waals surface area contributed by atoms with Gasteiger partial charge in [0, 0.05) is 24.4 Å². The zero-order valence-corrected chi connectivity index (χ0v) is 17.2. The highest BCUT2D eigenvalue weighted by Crippen LogP contribution is 2.35. The highest BCUT2D eigenvalue weighted by molar-refractivity contribution is 6.06. The van der Waals surface area contributed by atoms with Crippen molar-refractivity contribution in [3.05, 3.63) is 71.2 Å². The molecule has 0 saturated carbocycles. The van der Waals surface area contributed by atoms with Gasteiger partial charge in [0.05, 0.1) is 7.11 Å². The summed E-state index contributed by atoms with van der Waals surface area (Å²) < 4.78 is 63.3. The number of benzene rings is 2. The summed E-state index contributed by atoms with van der Waals surface area (Å²) in [5.74, 6) is -2.72. The summed E-state index contributed by atoms with van der Waals surface area (Å²) in [7, 11) is 2.68. The molecule has 0 radical (unpaired) electrons. The van der Waals surface area contributed by atoms with Crippen LogP contribution in [0.3, 0.4) is 0 Å². The van der Waals surface area contributed by atoms with Crippen molar-refractivity contribution in [1.82, 2.24) is 15.5 Å². The number of aromatic nitrogens is 2. The summed E-state index contributed by atoms with van der Waals surface area (Å²) in [6, 6.07) is 9.28. The van der Waals surface area contributed by atoms with Crippen molar-refractivity contribution >= 4 is 17.5 Å². The van der Waals surface area contributed by atoms with E-state index in [-0.39, 0.29) is 23.1 Å². The van der Waals surface area contributed by atoms with Crippen LogP contribution in [0.15, 0.2) is 48.5 Å². The molecule has 0 bridgehead atoms. The lowest BCUT2D eigenvalue weighted by Gasteiger charge is -2.14. The molecule has 0 aliphatic heterocycles. The van der Waals surface area contributed by atoms with Gasteiger partial charge in [0.1, 0.15) is 11.4 Å². The van der Waals surface area contributed by atoms with Crippen LogP contribution in [-0.2, 0) is 6.18 Å². The molecule has 3 aromatic rings. The Labute approximate surface area is 184 Å². The fourth-order valence-electron chi connectivity index (χ4n) is 2.63. The zero-order valence-electron chi connectivity index (χ0n) is 17.2. The van der Waals surface area contributed by atoms with Crippen LogP contribution >= 0.6 is 0 Å². The highest BCUT2D eigenvalue weighted by atomic mass is 19.4. The Balaban J connectivity index is 1.96. The van der Waals surface area contributed by atoms with Gasteiger partial charge in [-0.2, -0.15) is 13.2 Å². The first-order valence-corrected chi connectivity index (χ1v) is 9.22. The molecule has 0 aliphatic rings. The van der Waals surface area contributed by atoms with Crippen LogP contribution in [-0.4, -0.2) is 36.2 Å². The second kappa shape index (κ2) is 9.51. The number of rotatable bonds is 6. The standard InChI is InChI=1S/C21H16F4N4O4/c1-26-18(30)11-3-6-13(7-4-11)27-19(31)14-10-17(21(23,24)25)28-29-20(14)33-15-8-5-12(22)9-16(15)32-2/h3-10H,1-2H3,(H,26,30)(H,27,31). The van der Waals surface area contributed by atoms with Crippen molar-refractivity contribution in [2.75, 3.05) is 19.5 Å². The predicted molar refractivity (Wildman–Crippen MR) is 108 cm³/mol. The van der Waals surface area contributed by atoms with E-state index >= 15 is 0 Å². The van der Waals surface area contributed by atoms with Crippen LogP contribution in [0.25, 0.3) is 0 Å². The predicted octanol–water partition coefficient (Wildman–Crippen LogP) is 4.05. The molecule has 2 N–H and O–H groups in total. The van der Waals surface area contributed by atoms with Crippen LogP contribution in [0.5, 0.6) is 17.4 Å². The molecule has 1 aromatic heterocycles. The first-order valence-electron chi connectivity index (χ1n) is 9.22. The normalized spacial score (nSPS) is 11.0. The number of amides is 2. The lowest BCUT2D eigenvalue weighted by molar-refractivity contribution is -0.141. The minimum absolute atomic E-state index is 0.0761. The molecule has 0 unspecified atom stereocenters. The summed E-state index contributed by atoms with van der Waals surface area (Å²) in [5, 5.41) is 11.3. The SMILES string of the molecule is CNC(=O)c1ccc(NC(=O)c2cc(C(F)(F)F)nnc2Oc2ccc(F)cc2OC)cc1. The van der Waals surface area contributed by atoms with Crippen molar-refractivity contribution < 1.29 is 36.6 Å². The van der Waals surface area contributed by atoms with E-state index in [1.807, 2.05) is 0 Å². The third-order valence-electron chi connectivity index (χ3n) is 4.26. The largest absolute Gasteiger partial charge is 0.493 e. The molecule has 12 heteroatoms. The Morgan fingerprint density at radius 3 is 2.24 bits per heavy atom. The highest BCUT2D eigenvalue weighted by Gasteiger charge is 2.35. The van der Waals surface area contributed by atoms with Gasteiger partial charge in [-0.25, -0.2) is 4.39 Å². The first-order chi connectivity index (χ1) is 15.6. The molecule has 0 saturated heterocycles. The van der Waals surface area contributed by atoms with E-state index in [1.54, 1.807) is 0 Å². The van der Waals surface area contributed by atoms with E-state index in [0.29, 0.717) is 11.6 Å². The summed E-state index contributed by atoms with van der Waals surface area (Å²) >= 11 is 0. The number of nitrogens with one attached hydrogen (secondary N) is 2. The molecule has 0 atom stereocenters. The van der Waals surface area contributed by atoms with Crippen LogP contribution < -0.4 is 20.1 Å². The number of carbonyl (C=O) groups is 2. The summed E-state index contributed by atoms with van der Waals surface area (Å²) in [6.07, 6.45) is -4.87. The first kappa shape index (κ1) is 23.4. The molecule has 172 valence electrons. The average Bonchev–Trinajstić information content (AvgIpc) is 2.79. The summed E-state index contributed by atoms with van der Waals surface area (Å²) in [5.41, 5.74) is -1.49. The van der Waals surface area contributed by atoms with E-state index in [9.17, 15) is 27.2 Å². The number of nitrogens with zero attached hydrogens (tertiary/aromatic N) is 2. The van der Waals surface area contributed by atoms with Crippen molar-refractivity contribution in [3.63, 3.8) is 0 Å². The maximum atomic E-state index is 13.4. The molecule has 1 heterocycles. The molecule has 0 spiro atoms. The maximum absolute atomic E-state index is 13.4. The molecule has 2 amide bonds. The van der Waals surface area contributed by atoms with Crippen LogP contribution in [0, 0.1) is 5.82 Å².